The number of aromatic nitrogens is 3. The first kappa shape index (κ1) is 24.2. The Morgan fingerprint density at radius 2 is 1.65 bits per heavy atom. The monoisotopic (exact) mass is 571 g/mol. The summed E-state index contributed by atoms with van der Waals surface area (Å²) in [5, 5.41) is 8.98. The molecule has 5 aromatic rings. The van der Waals surface area contributed by atoms with Crippen molar-refractivity contribution in [2.75, 3.05) is 18.4 Å². The first-order valence-corrected chi connectivity index (χ1v) is 13.7. The first-order chi connectivity index (χ1) is 18.1. The second-order valence-electron chi connectivity index (χ2n) is 9.50. The Labute approximate surface area is 230 Å². The number of rotatable bonds is 6. The average Bonchev–Trinajstić information content (AvgIpc) is 3.31. The molecule has 1 aliphatic rings. The van der Waals surface area contributed by atoms with Gasteiger partial charge in [0.2, 0.25) is 0 Å². The van der Waals surface area contributed by atoms with E-state index in [0.717, 1.165) is 59.7 Å². The topological polar surface area (TPSA) is 45.5 Å². The van der Waals surface area contributed by atoms with Crippen LogP contribution in [0.25, 0.3) is 28.0 Å². The van der Waals surface area contributed by atoms with Crippen LogP contribution in [-0.2, 0) is 6.54 Å². The zero-order valence-corrected chi connectivity index (χ0v) is 22.7. The van der Waals surface area contributed by atoms with Crippen LogP contribution in [0.5, 0.6) is 0 Å². The fourth-order valence-electron chi connectivity index (χ4n) is 5.03. The predicted octanol–water partition coefficient (Wildman–Crippen LogP) is 7.56. The number of nitrogens with one attached hydrogen (secondary N) is 1. The maximum absolute atomic E-state index is 6.49. The van der Waals surface area contributed by atoms with Gasteiger partial charge in [-0.15, -0.1) is 0 Å². The van der Waals surface area contributed by atoms with E-state index in [-0.39, 0.29) is 0 Å². The molecule has 7 heteroatoms. The molecule has 1 saturated heterocycles. The molecule has 0 saturated carbocycles. The molecule has 3 aromatic carbocycles. The van der Waals surface area contributed by atoms with Crippen LogP contribution >= 0.6 is 27.5 Å². The molecule has 0 atom stereocenters. The van der Waals surface area contributed by atoms with Crippen molar-refractivity contribution in [1.29, 1.82) is 0 Å². The van der Waals surface area contributed by atoms with Crippen LogP contribution in [0.15, 0.2) is 95.6 Å². The Balaban J connectivity index is 1.15. The third-order valence-electron chi connectivity index (χ3n) is 6.96. The van der Waals surface area contributed by atoms with E-state index in [1.165, 1.54) is 16.7 Å². The van der Waals surface area contributed by atoms with Gasteiger partial charge in [-0.3, -0.25) is 4.90 Å². The van der Waals surface area contributed by atoms with Gasteiger partial charge in [0.1, 0.15) is 5.82 Å². The van der Waals surface area contributed by atoms with E-state index >= 15 is 0 Å². The SMILES string of the molecule is Clc1ccccc1-c1cc(NC2CCN(Cc3cccc(-c4ccccc4)c3)CC2)n2ncc(Br)c2n1. The van der Waals surface area contributed by atoms with Crippen LogP contribution in [0.2, 0.25) is 5.02 Å². The first-order valence-electron chi connectivity index (χ1n) is 12.6. The summed E-state index contributed by atoms with van der Waals surface area (Å²) in [6, 6.07) is 29.7. The highest BCUT2D eigenvalue weighted by molar-refractivity contribution is 9.10. The molecule has 1 N–H and O–H groups in total. The predicted molar refractivity (Wildman–Crippen MR) is 155 cm³/mol. The van der Waals surface area contributed by atoms with Crippen molar-refractivity contribution in [3.8, 4) is 22.4 Å². The lowest BCUT2D eigenvalue weighted by Crippen LogP contribution is -2.39. The normalized spacial score (nSPS) is 14.8. The number of fused-ring (bicyclic) bond motifs is 1. The fraction of sp³-hybridized carbons (Fsp3) is 0.200. The van der Waals surface area contributed by atoms with E-state index in [4.69, 9.17) is 16.6 Å². The Morgan fingerprint density at radius 3 is 2.46 bits per heavy atom. The number of hydrogen-bond acceptors (Lipinski definition) is 4. The quantitative estimate of drug-likeness (QED) is 0.228. The Bertz CT molecular complexity index is 1530. The zero-order valence-electron chi connectivity index (χ0n) is 20.3. The average molecular weight is 573 g/mol. The smallest absolute Gasteiger partial charge is 0.172 e. The van der Waals surface area contributed by atoms with Crippen LogP contribution in [0.3, 0.4) is 0 Å². The van der Waals surface area contributed by atoms with Crippen molar-refractivity contribution in [2.24, 2.45) is 0 Å². The molecule has 0 amide bonds. The van der Waals surface area contributed by atoms with Crippen LogP contribution in [0.4, 0.5) is 5.82 Å². The minimum Gasteiger partial charge on any atom is -0.367 e. The van der Waals surface area contributed by atoms with Gasteiger partial charge in [-0.1, -0.05) is 78.3 Å². The summed E-state index contributed by atoms with van der Waals surface area (Å²) >= 11 is 10.1. The summed E-state index contributed by atoms with van der Waals surface area (Å²) in [6.45, 7) is 3.05. The number of hydrogen-bond donors (Lipinski definition) is 1. The minimum absolute atomic E-state index is 0.361. The molecule has 6 rings (SSSR count). The van der Waals surface area contributed by atoms with Crippen LogP contribution in [0.1, 0.15) is 18.4 Å². The molecule has 3 heterocycles. The number of benzene rings is 3. The van der Waals surface area contributed by atoms with Crippen molar-refractivity contribution >= 4 is 39.0 Å². The van der Waals surface area contributed by atoms with Gasteiger partial charge in [0.25, 0.3) is 0 Å². The standard InChI is InChI=1S/C30H27BrClN5/c31-26-19-33-37-29(18-28(35-30(26)37)25-11-4-5-12-27(25)32)34-24-13-15-36(16-14-24)20-21-7-6-10-23(17-21)22-8-2-1-3-9-22/h1-12,17-19,24,34H,13-16,20H2. The molecule has 1 fully saturated rings. The lowest BCUT2D eigenvalue weighted by molar-refractivity contribution is 0.211. The highest BCUT2D eigenvalue weighted by Crippen LogP contribution is 2.31. The molecular weight excluding hydrogens is 546 g/mol. The molecule has 0 unspecified atom stereocenters. The largest absolute Gasteiger partial charge is 0.367 e. The van der Waals surface area contributed by atoms with Crippen molar-refractivity contribution in [3.05, 3.63) is 106 Å². The Kier molecular flexibility index (Phi) is 6.96. The molecule has 1 aliphatic heterocycles. The molecule has 0 bridgehead atoms. The fourth-order valence-corrected chi connectivity index (χ4v) is 5.61. The van der Waals surface area contributed by atoms with Crippen LogP contribution in [0, 0.1) is 0 Å². The van der Waals surface area contributed by atoms with E-state index in [9.17, 15) is 0 Å². The lowest BCUT2D eigenvalue weighted by atomic mass is 10.0. The van der Waals surface area contributed by atoms with Crippen molar-refractivity contribution in [2.45, 2.75) is 25.4 Å². The summed E-state index contributed by atoms with van der Waals surface area (Å²) in [4.78, 5) is 7.37. The molecule has 0 aliphatic carbocycles. The van der Waals surface area contributed by atoms with Gasteiger partial charge in [-0.25, -0.2) is 4.98 Å². The molecule has 0 radical (unpaired) electrons. The maximum atomic E-state index is 6.49. The molecule has 5 nitrogen and oxygen atoms in total. The molecule has 2 aromatic heterocycles. The van der Waals surface area contributed by atoms with Crippen molar-refractivity contribution < 1.29 is 0 Å². The maximum Gasteiger partial charge on any atom is 0.172 e. The molecule has 0 spiro atoms. The lowest BCUT2D eigenvalue weighted by Gasteiger charge is -2.33. The highest BCUT2D eigenvalue weighted by Gasteiger charge is 2.21. The van der Waals surface area contributed by atoms with Gasteiger partial charge in [0, 0.05) is 42.3 Å². The van der Waals surface area contributed by atoms with E-state index in [0.29, 0.717) is 11.1 Å². The number of anilines is 1. The zero-order chi connectivity index (χ0) is 25.2. The summed E-state index contributed by atoms with van der Waals surface area (Å²) in [5.74, 6) is 0.930. The van der Waals surface area contributed by atoms with Gasteiger partial charge < -0.3 is 5.32 Å². The summed E-state index contributed by atoms with van der Waals surface area (Å²) in [6.07, 6.45) is 3.91. The van der Waals surface area contributed by atoms with Gasteiger partial charge in [-0.2, -0.15) is 9.61 Å². The third-order valence-corrected chi connectivity index (χ3v) is 7.85. The van der Waals surface area contributed by atoms with E-state index in [1.54, 1.807) is 6.20 Å². The summed E-state index contributed by atoms with van der Waals surface area (Å²) < 4.78 is 2.73. The number of halogens is 2. The van der Waals surface area contributed by atoms with Crippen LogP contribution in [-0.4, -0.2) is 38.6 Å². The second-order valence-corrected chi connectivity index (χ2v) is 10.8. The van der Waals surface area contributed by atoms with Gasteiger partial charge >= 0.3 is 0 Å². The number of likely N-dealkylation sites (tertiary alicyclic amines) is 1. The Morgan fingerprint density at radius 1 is 0.892 bits per heavy atom. The highest BCUT2D eigenvalue weighted by atomic mass is 79.9. The second kappa shape index (κ2) is 10.7. The van der Waals surface area contributed by atoms with Crippen molar-refractivity contribution in [1.82, 2.24) is 19.5 Å². The molecule has 186 valence electrons. The third kappa shape index (κ3) is 5.28. The molecular formula is C30H27BrClN5. The number of nitrogens with zero attached hydrogens (tertiary/aromatic N) is 4. The van der Waals surface area contributed by atoms with Crippen LogP contribution < -0.4 is 5.32 Å². The van der Waals surface area contributed by atoms with Gasteiger partial charge in [0.05, 0.1) is 16.4 Å². The van der Waals surface area contributed by atoms with E-state index in [1.807, 2.05) is 28.8 Å². The Hall–Kier alpha value is -3.19. The van der Waals surface area contributed by atoms with Gasteiger partial charge in [-0.05, 0) is 57.6 Å². The van der Waals surface area contributed by atoms with Gasteiger partial charge in [0.15, 0.2) is 5.65 Å². The number of piperidine rings is 1. The minimum atomic E-state index is 0.361. The molecule has 37 heavy (non-hydrogen) atoms. The summed E-state index contributed by atoms with van der Waals surface area (Å²) in [7, 11) is 0. The van der Waals surface area contributed by atoms with E-state index in [2.05, 4.69) is 91.9 Å². The van der Waals surface area contributed by atoms with Crippen molar-refractivity contribution in [3.63, 3.8) is 0 Å². The van der Waals surface area contributed by atoms with E-state index < -0.39 is 0 Å². The summed E-state index contributed by atoms with van der Waals surface area (Å²) in [5.41, 5.74) is 6.41.